The molecule has 0 heterocycles. The third kappa shape index (κ3) is 2.01. The van der Waals surface area contributed by atoms with Gasteiger partial charge in [0.05, 0.1) is 6.07 Å². The number of hydrogen-bond acceptors (Lipinski definition) is 1. The summed E-state index contributed by atoms with van der Waals surface area (Å²) >= 11 is 0. The second kappa shape index (κ2) is 3.79. The topological polar surface area (TPSA) is 23.8 Å². The first-order chi connectivity index (χ1) is 6.06. The fourth-order valence-electron chi connectivity index (χ4n) is 1.92. The van der Waals surface area contributed by atoms with Gasteiger partial charge in [0.1, 0.15) is 0 Å². The van der Waals surface area contributed by atoms with Gasteiger partial charge in [0.15, 0.2) is 0 Å². The Labute approximate surface area is 80.8 Å². The molecule has 1 aliphatic rings. The molecule has 0 fully saturated rings. The highest BCUT2D eigenvalue weighted by molar-refractivity contribution is 5.42. The molecule has 0 amide bonds. The summed E-state index contributed by atoms with van der Waals surface area (Å²) in [5, 5.41) is 9.03. The van der Waals surface area contributed by atoms with Crippen LogP contribution in [0.15, 0.2) is 22.8 Å². The van der Waals surface area contributed by atoms with E-state index in [0.29, 0.717) is 11.8 Å². The van der Waals surface area contributed by atoms with Gasteiger partial charge in [0.25, 0.3) is 0 Å². The van der Waals surface area contributed by atoms with Crippen LogP contribution in [0.1, 0.15) is 34.1 Å². The van der Waals surface area contributed by atoms with Crippen LogP contribution in [0.3, 0.4) is 0 Å². The molecule has 1 atom stereocenters. The van der Waals surface area contributed by atoms with Gasteiger partial charge in [0.2, 0.25) is 0 Å². The van der Waals surface area contributed by atoms with Crippen LogP contribution in [0.2, 0.25) is 0 Å². The summed E-state index contributed by atoms with van der Waals surface area (Å²) in [5.41, 5.74) is 3.62. The molecule has 0 saturated heterocycles. The zero-order chi connectivity index (χ0) is 10.0. The Balaban J connectivity index is 3.15. The van der Waals surface area contributed by atoms with E-state index in [2.05, 4.69) is 39.8 Å². The van der Waals surface area contributed by atoms with E-state index in [-0.39, 0.29) is 0 Å². The van der Waals surface area contributed by atoms with Crippen LogP contribution in [0, 0.1) is 23.2 Å². The van der Waals surface area contributed by atoms with Crippen molar-refractivity contribution in [3.05, 3.63) is 22.8 Å². The lowest BCUT2D eigenvalue weighted by Crippen LogP contribution is -2.10. The summed E-state index contributed by atoms with van der Waals surface area (Å²) in [7, 11) is 0. The van der Waals surface area contributed by atoms with Crippen molar-refractivity contribution in [1.29, 1.82) is 5.26 Å². The predicted molar refractivity (Wildman–Crippen MR) is 55.0 cm³/mol. The van der Waals surface area contributed by atoms with E-state index in [1.165, 1.54) is 11.1 Å². The first-order valence-corrected chi connectivity index (χ1v) is 4.87. The molecule has 0 N–H and O–H groups in total. The minimum Gasteiger partial charge on any atom is -0.193 e. The minimum atomic E-state index is 0.410. The Morgan fingerprint density at radius 3 is 2.62 bits per heavy atom. The van der Waals surface area contributed by atoms with Crippen molar-refractivity contribution in [1.82, 2.24) is 0 Å². The lowest BCUT2D eigenvalue weighted by atomic mass is 9.81. The van der Waals surface area contributed by atoms with Crippen LogP contribution in [0.25, 0.3) is 0 Å². The van der Waals surface area contributed by atoms with Crippen molar-refractivity contribution in [3.63, 3.8) is 0 Å². The molecule has 1 heteroatoms. The van der Waals surface area contributed by atoms with Crippen molar-refractivity contribution in [2.45, 2.75) is 34.1 Å². The first kappa shape index (κ1) is 10.1. The van der Waals surface area contributed by atoms with E-state index in [4.69, 9.17) is 5.26 Å². The maximum Gasteiger partial charge on any atom is 0.0953 e. The zero-order valence-electron chi connectivity index (χ0n) is 8.89. The zero-order valence-corrected chi connectivity index (χ0v) is 8.89. The molecule has 1 nitrogen and oxygen atoms in total. The molecule has 0 bridgehead atoms. The Kier molecular flexibility index (Phi) is 2.93. The normalized spacial score (nSPS) is 23.1. The van der Waals surface area contributed by atoms with Gasteiger partial charge < -0.3 is 0 Å². The molecule has 0 aromatic rings. The van der Waals surface area contributed by atoms with Crippen LogP contribution < -0.4 is 0 Å². The monoisotopic (exact) mass is 175 g/mol. The maximum absolute atomic E-state index is 9.03. The Morgan fingerprint density at radius 2 is 2.15 bits per heavy atom. The molecule has 70 valence electrons. The Hall–Kier alpha value is -1.03. The fourth-order valence-corrected chi connectivity index (χ4v) is 1.92. The smallest absolute Gasteiger partial charge is 0.0953 e. The molecule has 1 rings (SSSR count). The predicted octanol–water partition coefficient (Wildman–Crippen LogP) is 3.45. The average molecular weight is 175 g/mol. The second-order valence-electron chi connectivity index (χ2n) is 4.23. The number of hydrogen-bond donors (Lipinski definition) is 0. The quantitative estimate of drug-likeness (QED) is 0.598. The van der Waals surface area contributed by atoms with Gasteiger partial charge in [-0.1, -0.05) is 32.4 Å². The van der Waals surface area contributed by atoms with Gasteiger partial charge in [-0.25, -0.2) is 0 Å². The van der Waals surface area contributed by atoms with Gasteiger partial charge in [-0.3, -0.25) is 0 Å². The molecule has 0 radical (unpaired) electrons. The molecule has 1 unspecified atom stereocenters. The largest absolute Gasteiger partial charge is 0.193 e. The summed E-state index contributed by atoms with van der Waals surface area (Å²) in [6, 6.07) is 2.34. The minimum absolute atomic E-state index is 0.410. The molecular formula is C12H17N. The first-order valence-electron chi connectivity index (χ1n) is 4.87. The lowest BCUT2D eigenvalue weighted by molar-refractivity contribution is 0.642. The van der Waals surface area contributed by atoms with Crippen molar-refractivity contribution in [2.75, 3.05) is 0 Å². The van der Waals surface area contributed by atoms with Gasteiger partial charge in [0, 0.05) is 5.57 Å². The van der Waals surface area contributed by atoms with E-state index in [9.17, 15) is 0 Å². The van der Waals surface area contributed by atoms with E-state index >= 15 is 0 Å². The van der Waals surface area contributed by atoms with Crippen LogP contribution in [0.5, 0.6) is 0 Å². The third-order valence-corrected chi connectivity index (χ3v) is 2.58. The number of nitrogens with zero attached hydrogens (tertiary/aromatic N) is 1. The molecule has 0 aromatic heterocycles. The van der Waals surface area contributed by atoms with Crippen molar-refractivity contribution < 1.29 is 0 Å². The fraction of sp³-hybridized carbons (Fsp3) is 0.583. The van der Waals surface area contributed by atoms with E-state index in [0.717, 1.165) is 12.0 Å². The number of nitriles is 1. The molecule has 0 saturated carbocycles. The van der Waals surface area contributed by atoms with E-state index in [1.54, 1.807) is 0 Å². The molecule has 0 spiro atoms. The Morgan fingerprint density at radius 1 is 1.54 bits per heavy atom. The van der Waals surface area contributed by atoms with Crippen molar-refractivity contribution in [3.8, 4) is 6.07 Å². The van der Waals surface area contributed by atoms with Crippen molar-refractivity contribution in [2.24, 2.45) is 11.8 Å². The number of allylic oxidation sites excluding steroid dienone is 4. The SMILES string of the molecule is CC1=CC(C(C)C)=C(C#N)C(C)C1. The highest BCUT2D eigenvalue weighted by Gasteiger charge is 2.19. The van der Waals surface area contributed by atoms with Gasteiger partial charge in [-0.2, -0.15) is 5.26 Å². The summed E-state index contributed by atoms with van der Waals surface area (Å²) in [6.07, 6.45) is 3.22. The van der Waals surface area contributed by atoms with Crippen LogP contribution >= 0.6 is 0 Å². The third-order valence-electron chi connectivity index (χ3n) is 2.58. The standard InChI is InChI=1S/C12H17N/c1-8(2)11-6-9(3)5-10(4)12(11)7-13/h6,8,10H,5H2,1-4H3. The second-order valence-corrected chi connectivity index (χ2v) is 4.23. The lowest BCUT2D eigenvalue weighted by Gasteiger charge is -2.22. The van der Waals surface area contributed by atoms with Crippen LogP contribution in [-0.2, 0) is 0 Å². The summed E-state index contributed by atoms with van der Waals surface area (Å²) < 4.78 is 0. The summed E-state index contributed by atoms with van der Waals surface area (Å²) in [4.78, 5) is 0. The van der Waals surface area contributed by atoms with Gasteiger partial charge in [-0.15, -0.1) is 0 Å². The highest BCUT2D eigenvalue weighted by Crippen LogP contribution is 2.32. The highest BCUT2D eigenvalue weighted by atomic mass is 14.3. The summed E-state index contributed by atoms with van der Waals surface area (Å²) in [5.74, 6) is 0.875. The van der Waals surface area contributed by atoms with E-state index < -0.39 is 0 Å². The van der Waals surface area contributed by atoms with Gasteiger partial charge in [-0.05, 0) is 30.8 Å². The average Bonchev–Trinajstić information content (AvgIpc) is 2.02. The molecule has 0 aromatic carbocycles. The number of rotatable bonds is 1. The maximum atomic E-state index is 9.03. The molecule has 0 aliphatic heterocycles. The van der Waals surface area contributed by atoms with Crippen molar-refractivity contribution >= 4 is 0 Å². The molecule has 1 aliphatic carbocycles. The molecular weight excluding hydrogens is 158 g/mol. The van der Waals surface area contributed by atoms with E-state index in [1.807, 2.05) is 0 Å². The van der Waals surface area contributed by atoms with Crippen LogP contribution in [0.4, 0.5) is 0 Å². The summed E-state index contributed by atoms with van der Waals surface area (Å²) in [6.45, 7) is 8.58. The Bertz CT molecular complexity index is 300. The van der Waals surface area contributed by atoms with Gasteiger partial charge >= 0.3 is 0 Å². The molecule has 13 heavy (non-hydrogen) atoms. The van der Waals surface area contributed by atoms with Crippen LogP contribution in [-0.4, -0.2) is 0 Å².